The number of thioether (sulfide) groups is 1. The summed E-state index contributed by atoms with van der Waals surface area (Å²) in [6, 6.07) is -0.232. The van der Waals surface area contributed by atoms with Crippen molar-refractivity contribution in [2.45, 2.75) is 31.6 Å². The lowest BCUT2D eigenvalue weighted by Gasteiger charge is -2.15. The monoisotopic (exact) mass is 255 g/mol. The Kier molecular flexibility index (Phi) is 6.23. The van der Waals surface area contributed by atoms with Crippen LogP contribution in [0, 0.1) is 0 Å². The minimum Gasteiger partial charge on any atom is -0.480 e. The molecule has 0 amide bonds. The van der Waals surface area contributed by atoms with Gasteiger partial charge in [0.15, 0.2) is 5.25 Å². The molecule has 0 rings (SSSR count). The Morgan fingerprint density at radius 3 is 2.40 bits per heavy atom. The topological polar surface area (TPSA) is 83.5 Å². The predicted molar refractivity (Wildman–Crippen MR) is 61.6 cm³/mol. The quantitative estimate of drug-likeness (QED) is 0.693. The van der Waals surface area contributed by atoms with Crippen molar-refractivity contribution in [3.63, 3.8) is 0 Å². The van der Waals surface area contributed by atoms with Crippen molar-refractivity contribution in [2.75, 3.05) is 12.0 Å². The Labute approximate surface area is 94.7 Å². The van der Waals surface area contributed by atoms with E-state index in [0.29, 0.717) is 6.42 Å². The molecule has 0 saturated heterocycles. The first-order valence-electron chi connectivity index (χ1n) is 4.54. The molecular formula is C8H17NO4S2. The normalized spacial score (nSPS) is 15.9. The van der Waals surface area contributed by atoms with Crippen molar-refractivity contribution in [3.8, 4) is 0 Å². The number of carbonyl (C=O) groups is 1. The van der Waals surface area contributed by atoms with E-state index >= 15 is 0 Å². The molecule has 0 aromatic heterocycles. The fourth-order valence-corrected chi connectivity index (χ4v) is 2.61. The Bertz CT molecular complexity index is 302. The molecule has 0 aliphatic heterocycles. The molecule has 0 spiro atoms. The molecular weight excluding hydrogens is 238 g/mol. The number of nitrogens with one attached hydrogen (secondary N) is 1. The molecule has 0 fully saturated rings. The molecule has 0 heterocycles. The van der Waals surface area contributed by atoms with Crippen LogP contribution >= 0.6 is 11.8 Å². The first kappa shape index (κ1) is 14.7. The zero-order valence-electron chi connectivity index (χ0n) is 9.06. The van der Waals surface area contributed by atoms with Gasteiger partial charge in [-0.15, -0.1) is 0 Å². The van der Waals surface area contributed by atoms with Gasteiger partial charge in [-0.2, -0.15) is 11.8 Å². The minimum atomic E-state index is -3.75. The summed E-state index contributed by atoms with van der Waals surface area (Å²) in [7, 11) is -3.75. The van der Waals surface area contributed by atoms with Crippen LogP contribution in [0.1, 0.15) is 20.3 Å². The number of sulfonamides is 1. The van der Waals surface area contributed by atoms with Gasteiger partial charge in [0.05, 0.1) is 0 Å². The molecule has 0 aromatic carbocycles. The lowest BCUT2D eigenvalue weighted by atomic mass is 10.3. The molecule has 2 atom stereocenters. The van der Waals surface area contributed by atoms with E-state index in [1.807, 2.05) is 6.26 Å². The molecule has 5 nitrogen and oxygen atoms in total. The zero-order valence-corrected chi connectivity index (χ0v) is 10.7. The standard InChI is InChI=1S/C8H17NO4S2/c1-6(4-5-14-3)9-15(12,13)7(2)8(10)11/h6-7,9H,4-5H2,1-3H3,(H,10,11). The number of rotatable bonds is 7. The summed E-state index contributed by atoms with van der Waals surface area (Å²) in [5, 5.41) is 7.18. The summed E-state index contributed by atoms with van der Waals surface area (Å²) in [6.45, 7) is 2.88. The van der Waals surface area contributed by atoms with Crippen molar-refractivity contribution in [3.05, 3.63) is 0 Å². The molecule has 0 aliphatic carbocycles. The number of carboxylic acids is 1. The molecule has 2 unspecified atom stereocenters. The van der Waals surface area contributed by atoms with Crippen LogP contribution in [0.4, 0.5) is 0 Å². The summed E-state index contributed by atoms with van der Waals surface area (Å²) in [4.78, 5) is 10.5. The molecule has 15 heavy (non-hydrogen) atoms. The molecule has 0 radical (unpaired) electrons. The molecule has 0 bridgehead atoms. The first-order chi connectivity index (χ1) is 6.81. The van der Waals surface area contributed by atoms with Gasteiger partial charge in [-0.1, -0.05) is 0 Å². The third-order valence-corrected chi connectivity index (χ3v) is 4.44. The second-order valence-electron chi connectivity index (χ2n) is 3.33. The highest BCUT2D eigenvalue weighted by molar-refractivity contribution is 7.98. The van der Waals surface area contributed by atoms with Gasteiger partial charge in [0.1, 0.15) is 0 Å². The van der Waals surface area contributed by atoms with Gasteiger partial charge >= 0.3 is 5.97 Å². The molecule has 0 aromatic rings. The Hall–Kier alpha value is -0.270. The highest BCUT2D eigenvalue weighted by Crippen LogP contribution is 2.04. The molecule has 90 valence electrons. The Morgan fingerprint density at radius 2 is 2.00 bits per heavy atom. The summed E-state index contributed by atoms with van der Waals surface area (Å²) >= 11 is 1.62. The van der Waals surface area contributed by atoms with Crippen molar-refractivity contribution in [1.29, 1.82) is 0 Å². The van der Waals surface area contributed by atoms with Gasteiger partial charge in [0.2, 0.25) is 10.0 Å². The summed E-state index contributed by atoms with van der Waals surface area (Å²) in [6.07, 6.45) is 2.62. The van der Waals surface area contributed by atoms with E-state index in [4.69, 9.17) is 5.11 Å². The smallest absolute Gasteiger partial charge is 0.323 e. The molecule has 0 saturated carbocycles. The molecule has 2 N–H and O–H groups in total. The number of hydrogen-bond acceptors (Lipinski definition) is 4. The van der Waals surface area contributed by atoms with E-state index in [1.54, 1.807) is 18.7 Å². The average Bonchev–Trinajstić information content (AvgIpc) is 2.12. The minimum absolute atomic E-state index is 0.232. The van der Waals surface area contributed by atoms with Gasteiger partial charge in [-0.25, -0.2) is 13.1 Å². The fraction of sp³-hybridized carbons (Fsp3) is 0.875. The van der Waals surface area contributed by atoms with Crippen LogP contribution in [0.2, 0.25) is 0 Å². The second-order valence-corrected chi connectivity index (χ2v) is 6.34. The van der Waals surface area contributed by atoms with Crippen LogP contribution in [0.15, 0.2) is 0 Å². The van der Waals surface area contributed by atoms with Crippen LogP contribution < -0.4 is 4.72 Å². The van der Waals surface area contributed by atoms with E-state index in [-0.39, 0.29) is 6.04 Å². The van der Waals surface area contributed by atoms with Gasteiger partial charge in [-0.3, -0.25) is 4.79 Å². The van der Waals surface area contributed by atoms with Crippen molar-refractivity contribution < 1.29 is 18.3 Å². The lowest BCUT2D eigenvalue weighted by molar-refractivity contribution is -0.136. The third kappa shape index (κ3) is 5.39. The zero-order chi connectivity index (χ0) is 12.1. The van der Waals surface area contributed by atoms with Gasteiger partial charge in [-0.05, 0) is 32.3 Å². The van der Waals surface area contributed by atoms with Gasteiger partial charge < -0.3 is 5.11 Å². The van der Waals surface area contributed by atoms with Gasteiger partial charge in [0.25, 0.3) is 0 Å². The second kappa shape index (κ2) is 6.34. The van der Waals surface area contributed by atoms with E-state index in [9.17, 15) is 13.2 Å². The number of carboxylic acid groups (broad SMARTS) is 1. The largest absolute Gasteiger partial charge is 0.480 e. The van der Waals surface area contributed by atoms with Crippen molar-refractivity contribution >= 4 is 27.8 Å². The SMILES string of the molecule is CSCCC(C)NS(=O)(=O)C(C)C(=O)O. The number of hydrogen-bond donors (Lipinski definition) is 2. The van der Waals surface area contributed by atoms with Crippen LogP contribution in [0.5, 0.6) is 0 Å². The summed E-state index contributed by atoms with van der Waals surface area (Å²) in [5.74, 6) is -0.495. The van der Waals surface area contributed by atoms with Crippen LogP contribution in [-0.2, 0) is 14.8 Å². The van der Waals surface area contributed by atoms with Crippen LogP contribution in [-0.4, -0.2) is 42.8 Å². The summed E-state index contributed by atoms with van der Waals surface area (Å²) < 4.78 is 25.2. The Balaban J connectivity index is 4.32. The van der Waals surface area contributed by atoms with E-state index < -0.39 is 21.2 Å². The van der Waals surface area contributed by atoms with Crippen molar-refractivity contribution in [2.24, 2.45) is 0 Å². The maximum absolute atomic E-state index is 11.4. The molecule has 7 heteroatoms. The fourth-order valence-electron chi connectivity index (χ4n) is 0.869. The third-order valence-electron chi connectivity index (χ3n) is 1.93. The van der Waals surface area contributed by atoms with Crippen molar-refractivity contribution in [1.82, 2.24) is 4.72 Å². The van der Waals surface area contributed by atoms with E-state index in [2.05, 4.69) is 4.72 Å². The van der Waals surface area contributed by atoms with Gasteiger partial charge in [0, 0.05) is 6.04 Å². The van der Waals surface area contributed by atoms with Crippen LogP contribution in [0.25, 0.3) is 0 Å². The summed E-state index contributed by atoms with van der Waals surface area (Å²) in [5.41, 5.74) is 0. The predicted octanol–water partition coefficient (Wildman–Crippen LogP) is 0.520. The average molecular weight is 255 g/mol. The maximum atomic E-state index is 11.4. The van der Waals surface area contributed by atoms with E-state index in [1.165, 1.54) is 0 Å². The highest BCUT2D eigenvalue weighted by Gasteiger charge is 2.28. The Morgan fingerprint density at radius 1 is 1.47 bits per heavy atom. The van der Waals surface area contributed by atoms with Crippen LogP contribution in [0.3, 0.4) is 0 Å². The van der Waals surface area contributed by atoms with E-state index in [0.717, 1.165) is 12.7 Å². The molecule has 0 aliphatic rings. The maximum Gasteiger partial charge on any atom is 0.323 e. The number of aliphatic carboxylic acids is 1. The highest BCUT2D eigenvalue weighted by atomic mass is 32.2. The first-order valence-corrected chi connectivity index (χ1v) is 7.48. The lowest BCUT2D eigenvalue weighted by Crippen LogP contribution is -2.42.